The molecule has 0 spiro atoms. The fourth-order valence-corrected chi connectivity index (χ4v) is 5.64. The summed E-state index contributed by atoms with van der Waals surface area (Å²) in [6.45, 7) is 7.17. The van der Waals surface area contributed by atoms with Crippen LogP contribution in [-0.4, -0.2) is 16.2 Å². The maximum atomic E-state index is 15.9. The number of allylic oxidation sites excluding steroid dienone is 2. The summed E-state index contributed by atoms with van der Waals surface area (Å²) in [6, 6.07) is 12.3. The van der Waals surface area contributed by atoms with Crippen molar-refractivity contribution in [2.24, 2.45) is 16.3 Å². The highest BCUT2D eigenvalue weighted by Gasteiger charge is 2.49. The van der Waals surface area contributed by atoms with E-state index in [1.165, 1.54) is 36.5 Å². The summed E-state index contributed by atoms with van der Waals surface area (Å²) in [5.41, 5.74) is 0.264. The van der Waals surface area contributed by atoms with Gasteiger partial charge in [0, 0.05) is 22.9 Å². The SMILES string of the molecule is C/C=C/N=C(/C(F)=C/n1c(C)cc(C2C(c3ccc(F)cc3)[C@H]2C)c(Cl)c1=O)c1cccc(NC(=O)C2(C)CC2)c1F. The molecule has 2 saturated carbocycles. The number of hydrogen-bond acceptors (Lipinski definition) is 3. The number of aliphatic imine (C=N–C) groups is 1. The smallest absolute Gasteiger partial charge is 0.273 e. The lowest BCUT2D eigenvalue weighted by atomic mass is 10.0. The number of nitrogens with one attached hydrogen (secondary N) is 1. The van der Waals surface area contributed by atoms with Crippen LogP contribution < -0.4 is 10.9 Å². The van der Waals surface area contributed by atoms with Crippen LogP contribution >= 0.6 is 11.6 Å². The van der Waals surface area contributed by atoms with Gasteiger partial charge in [0.1, 0.15) is 16.6 Å². The zero-order valence-corrected chi connectivity index (χ0v) is 24.5. The lowest BCUT2D eigenvalue weighted by molar-refractivity contribution is -0.120. The molecule has 1 aromatic heterocycles. The Bertz CT molecular complexity index is 1700. The predicted octanol–water partition coefficient (Wildman–Crippen LogP) is 8.13. The van der Waals surface area contributed by atoms with Crippen molar-refractivity contribution in [2.75, 3.05) is 5.32 Å². The second-order valence-electron chi connectivity index (χ2n) is 11.3. The summed E-state index contributed by atoms with van der Waals surface area (Å²) in [4.78, 5) is 30.0. The molecule has 2 fully saturated rings. The number of benzene rings is 2. The minimum Gasteiger partial charge on any atom is -0.323 e. The molecule has 42 heavy (non-hydrogen) atoms. The first-order valence-corrected chi connectivity index (χ1v) is 14.2. The van der Waals surface area contributed by atoms with E-state index < -0.39 is 22.6 Å². The van der Waals surface area contributed by atoms with Crippen molar-refractivity contribution < 1.29 is 18.0 Å². The van der Waals surface area contributed by atoms with E-state index in [0.717, 1.165) is 16.3 Å². The maximum absolute atomic E-state index is 15.9. The zero-order chi connectivity index (χ0) is 30.3. The minimum atomic E-state index is -0.970. The number of carbonyl (C=O) groups excluding carboxylic acids is 1. The average Bonchev–Trinajstić information content (AvgIpc) is 3.87. The van der Waals surface area contributed by atoms with E-state index in [1.807, 2.05) is 6.92 Å². The Kier molecular flexibility index (Phi) is 8.03. The van der Waals surface area contributed by atoms with Crippen molar-refractivity contribution in [1.29, 1.82) is 0 Å². The number of rotatable bonds is 8. The zero-order valence-electron chi connectivity index (χ0n) is 23.7. The first-order valence-electron chi connectivity index (χ1n) is 13.8. The third-order valence-electron chi connectivity index (χ3n) is 8.27. The molecule has 0 bridgehead atoms. The van der Waals surface area contributed by atoms with Crippen molar-refractivity contribution in [3.63, 3.8) is 0 Å². The molecular weight excluding hydrogens is 563 g/mol. The molecule has 1 amide bonds. The Morgan fingerprint density at radius 2 is 1.83 bits per heavy atom. The quantitative estimate of drug-likeness (QED) is 0.268. The fourth-order valence-electron chi connectivity index (χ4n) is 5.37. The van der Waals surface area contributed by atoms with Gasteiger partial charge < -0.3 is 5.32 Å². The number of amides is 1. The van der Waals surface area contributed by atoms with Gasteiger partial charge in [0.2, 0.25) is 5.91 Å². The second-order valence-corrected chi connectivity index (χ2v) is 11.7. The van der Waals surface area contributed by atoms with Gasteiger partial charge in [0.05, 0.1) is 11.9 Å². The number of halogens is 4. The van der Waals surface area contributed by atoms with E-state index in [0.29, 0.717) is 24.1 Å². The fraction of sp³-hybridized carbons (Fsp3) is 0.303. The monoisotopic (exact) mass is 593 g/mol. The first-order chi connectivity index (χ1) is 20.0. The van der Waals surface area contributed by atoms with Gasteiger partial charge >= 0.3 is 0 Å². The molecule has 3 atom stereocenters. The van der Waals surface area contributed by atoms with Gasteiger partial charge in [-0.25, -0.2) is 13.2 Å². The second kappa shape index (κ2) is 11.4. The molecule has 0 aliphatic heterocycles. The Labute approximate surface area is 247 Å². The number of anilines is 1. The highest BCUT2D eigenvalue weighted by Crippen LogP contribution is 2.61. The number of aryl methyl sites for hydroxylation is 1. The summed E-state index contributed by atoms with van der Waals surface area (Å²) in [6.07, 6.45) is 5.25. The molecule has 2 aliphatic carbocycles. The van der Waals surface area contributed by atoms with Gasteiger partial charge in [-0.05, 0) is 85.9 Å². The normalized spacial score (nSPS) is 21.5. The van der Waals surface area contributed by atoms with E-state index in [1.54, 1.807) is 45.0 Å². The van der Waals surface area contributed by atoms with Crippen molar-refractivity contribution in [2.45, 2.75) is 52.4 Å². The lowest BCUT2D eigenvalue weighted by Gasteiger charge is -2.14. The molecule has 1 heterocycles. The van der Waals surface area contributed by atoms with Gasteiger partial charge in [-0.15, -0.1) is 0 Å². The first kappa shape index (κ1) is 29.6. The number of pyridine rings is 1. The van der Waals surface area contributed by atoms with Crippen LogP contribution in [0, 0.1) is 29.9 Å². The van der Waals surface area contributed by atoms with E-state index in [9.17, 15) is 14.0 Å². The van der Waals surface area contributed by atoms with E-state index in [4.69, 9.17) is 11.6 Å². The highest BCUT2D eigenvalue weighted by atomic mass is 35.5. The third-order valence-corrected chi connectivity index (χ3v) is 8.65. The number of aromatic nitrogens is 1. The number of hydrogen-bond donors (Lipinski definition) is 1. The van der Waals surface area contributed by atoms with Crippen LogP contribution in [-0.2, 0) is 4.79 Å². The maximum Gasteiger partial charge on any atom is 0.273 e. The number of carbonyl (C=O) groups is 1. The average molecular weight is 594 g/mol. The Hall–Kier alpha value is -3.91. The third kappa shape index (κ3) is 5.60. The van der Waals surface area contributed by atoms with Gasteiger partial charge in [-0.1, -0.05) is 49.7 Å². The largest absolute Gasteiger partial charge is 0.323 e. The van der Waals surface area contributed by atoms with Crippen LogP contribution in [0.3, 0.4) is 0 Å². The van der Waals surface area contributed by atoms with Crippen LogP contribution in [0.5, 0.6) is 0 Å². The summed E-state index contributed by atoms with van der Waals surface area (Å²) >= 11 is 6.56. The molecule has 5 rings (SSSR count). The van der Waals surface area contributed by atoms with Crippen LogP contribution in [0.2, 0.25) is 5.02 Å². The standard InChI is InChI=1S/C33H31ClF3N3O2/c1-5-15-38-30(22-7-6-8-25(29(22)37)39-32(42)33(4)13-14-33)24(36)17-40-18(2)16-23(28(34)31(40)41)27-19(3)26(27)20-9-11-21(35)12-10-20/h5-12,15-17,19,26-27H,13-14H2,1-4H3,(H,39,42)/b15-5+,24-17-,38-30+/t19-,26?,27?/m1/s1. The summed E-state index contributed by atoms with van der Waals surface area (Å²) in [7, 11) is 0. The Balaban J connectivity index is 1.49. The molecule has 218 valence electrons. The van der Waals surface area contributed by atoms with Crippen molar-refractivity contribution in [3.05, 3.63) is 116 Å². The van der Waals surface area contributed by atoms with Crippen molar-refractivity contribution in [3.8, 4) is 0 Å². The lowest BCUT2D eigenvalue weighted by Crippen LogP contribution is -2.23. The van der Waals surface area contributed by atoms with Crippen LogP contribution in [0.15, 0.2) is 76.4 Å². The van der Waals surface area contributed by atoms with Gasteiger partial charge in [0.25, 0.3) is 5.56 Å². The predicted molar refractivity (Wildman–Crippen MR) is 161 cm³/mol. The summed E-state index contributed by atoms with van der Waals surface area (Å²) in [5, 5.41) is 2.56. The van der Waals surface area contributed by atoms with Crippen molar-refractivity contribution in [1.82, 2.24) is 4.57 Å². The molecule has 0 radical (unpaired) electrons. The highest BCUT2D eigenvalue weighted by molar-refractivity contribution is 6.31. The van der Waals surface area contributed by atoms with E-state index in [2.05, 4.69) is 10.3 Å². The van der Waals surface area contributed by atoms with E-state index >= 15 is 8.78 Å². The van der Waals surface area contributed by atoms with E-state index in [-0.39, 0.29) is 51.5 Å². The van der Waals surface area contributed by atoms with Crippen LogP contribution in [0.4, 0.5) is 18.9 Å². The van der Waals surface area contributed by atoms with Crippen LogP contribution in [0.25, 0.3) is 6.20 Å². The molecule has 0 saturated heterocycles. The van der Waals surface area contributed by atoms with Crippen molar-refractivity contribution >= 4 is 35.1 Å². The van der Waals surface area contributed by atoms with Crippen LogP contribution in [0.1, 0.15) is 67.8 Å². The van der Waals surface area contributed by atoms with Gasteiger partial charge in [-0.3, -0.25) is 19.1 Å². The van der Waals surface area contributed by atoms with Gasteiger partial charge in [0.15, 0.2) is 11.6 Å². The Morgan fingerprint density at radius 3 is 2.48 bits per heavy atom. The molecule has 9 heteroatoms. The summed E-state index contributed by atoms with van der Waals surface area (Å²) in [5.74, 6) is -2.23. The van der Waals surface area contributed by atoms with Gasteiger partial charge in [-0.2, -0.15) is 0 Å². The Morgan fingerprint density at radius 1 is 1.14 bits per heavy atom. The molecule has 2 unspecified atom stereocenters. The number of nitrogens with zero attached hydrogens (tertiary/aromatic N) is 2. The summed E-state index contributed by atoms with van der Waals surface area (Å²) < 4.78 is 46.0. The molecule has 3 aromatic rings. The molecule has 2 aromatic carbocycles. The molecule has 1 N–H and O–H groups in total. The molecule has 2 aliphatic rings. The topological polar surface area (TPSA) is 63.5 Å². The molecule has 5 nitrogen and oxygen atoms in total. The minimum absolute atomic E-state index is 0.0393. The molecular formula is C33H31ClF3N3O2.